The molecule has 2 heterocycles. The van der Waals surface area contributed by atoms with E-state index in [2.05, 4.69) is 16.7 Å². The molecule has 0 bridgehead atoms. The minimum absolute atomic E-state index is 0.147. The van der Waals surface area contributed by atoms with Gasteiger partial charge in [-0.15, -0.1) is 0 Å². The van der Waals surface area contributed by atoms with Crippen molar-refractivity contribution in [1.29, 1.82) is 0 Å². The molecular weight excluding hydrogens is 281 g/mol. The predicted molar refractivity (Wildman–Crippen MR) is 76.3 cm³/mol. The van der Waals surface area contributed by atoms with Crippen molar-refractivity contribution in [1.82, 2.24) is 14.8 Å². The SMILES string of the molecule is C=C(CC)COc1cc(-c2ncc(Cl)cc2F)nn1C. The van der Waals surface area contributed by atoms with Crippen molar-refractivity contribution in [2.75, 3.05) is 6.61 Å². The fraction of sp³-hybridized carbons (Fsp3) is 0.286. The van der Waals surface area contributed by atoms with Gasteiger partial charge in [-0.2, -0.15) is 5.10 Å². The van der Waals surface area contributed by atoms with Crippen LogP contribution in [0.1, 0.15) is 13.3 Å². The molecule has 4 nitrogen and oxygen atoms in total. The predicted octanol–water partition coefficient (Wildman–Crippen LogP) is 3.62. The van der Waals surface area contributed by atoms with Crippen molar-refractivity contribution in [3.8, 4) is 17.3 Å². The number of ether oxygens (including phenoxy) is 1. The molecule has 0 atom stereocenters. The molecule has 0 saturated heterocycles. The first-order valence-corrected chi connectivity index (χ1v) is 6.54. The molecule has 0 fully saturated rings. The van der Waals surface area contributed by atoms with Gasteiger partial charge in [0, 0.05) is 19.3 Å². The molecule has 106 valence electrons. The average Bonchev–Trinajstić information content (AvgIpc) is 2.77. The van der Waals surface area contributed by atoms with E-state index < -0.39 is 5.82 Å². The van der Waals surface area contributed by atoms with Crippen molar-refractivity contribution >= 4 is 11.6 Å². The summed E-state index contributed by atoms with van der Waals surface area (Å²) >= 11 is 5.68. The van der Waals surface area contributed by atoms with E-state index in [0.29, 0.717) is 18.2 Å². The van der Waals surface area contributed by atoms with E-state index in [1.807, 2.05) is 6.92 Å². The first-order valence-electron chi connectivity index (χ1n) is 6.16. The van der Waals surface area contributed by atoms with Crippen LogP contribution in [0, 0.1) is 5.82 Å². The van der Waals surface area contributed by atoms with Crippen LogP contribution in [0.3, 0.4) is 0 Å². The topological polar surface area (TPSA) is 39.9 Å². The minimum Gasteiger partial charge on any atom is -0.473 e. The Balaban J connectivity index is 2.24. The van der Waals surface area contributed by atoms with Gasteiger partial charge in [0.05, 0.1) is 5.02 Å². The highest BCUT2D eigenvalue weighted by Gasteiger charge is 2.14. The normalized spacial score (nSPS) is 10.6. The minimum atomic E-state index is -0.514. The maximum atomic E-state index is 13.8. The first kappa shape index (κ1) is 14.5. The smallest absolute Gasteiger partial charge is 0.212 e. The Morgan fingerprint density at radius 3 is 2.90 bits per heavy atom. The largest absolute Gasteiger partial charge is 0.473 e. The van der Waals surface area contributed by atoms with Gasteiger partial charge in [0.15, 0.2) is 5.82 Å². The van der Waals surface area contributed by atoms with Crippen LogP contribution in [0.5, 0.6) is 5.88 Å². The van der Waals surface area contributed by atoms with E-state index >= 15 is 0 Å². The van der Waals surface area contributed by atoms with Crippen LogP contribution in [0.4, 0.5) is 4.39 Å². The maximum Gasteiger partial charge on any atom is 0.212 e. The summed E-state index contributed by atoms with van der Waals surface area (Å²) in [7, 11) is 1.72. The molecule has 0 aromatic carbocycles. The van der Waals surface area contributed by atoms with Crippen molar-refractivity contribution in [3.05, 3.63) is 41.3 Å². The summed E-state index contributed by atoms with van der Waals surface area (Å²) in [5.41, 5.74) is 1.52. The third-order valence-corrected chi connectivity index (χ3v) is 3.02. The molecule has 0 saturated carbocycles. The molecule has 20 heavy (non-hydrogen) atoms. The Morgan fingerprint density at radius 2 is 2.25 bits per heavy atom. The lowest BCUT2D eigenvalue weighted by Crippen LogP contribution is -2.03. The van der Waals surface area contributed by atoms with Gasteiger partial charge in [0.1, 0.15) is 18.0 Å². The summed E-state index contributed by atoms with van der Waals surface area (Å²) in [5.74, 6) is 0.0193. The number of pyridine rings is 1. The van der Waals surface area contributed by atoms with Gasteiger partial charge in [-0.05, 0) is 18.1 Å². The van der Waals surface area contributed by atoms with Gasteiger partial charge in [0.2, 0.25) is 5.88 Å². The summed E-state index contributed by atoms with van der Waals surface area (Å²) in [5, 5.41) is 4.44. The average molecular weight is 296 g/mol. The molecule has 0 unspecified atom stereocenters. The van der Waals surface area contributed by atoms with E-state index in [9.17, 15) is 4.39 Å². The summed E-state index contributed by atoms with van der Waals surface area (Å²) in [4.78, 5) is 3.96. The van der Waals surface area contributed by atoms with E-state index in [1.165, 1.54) is 16.9 Å². The highest BCUT2D eigenvalue weighted by Crippen LogP contribution is 2.25. The van der Waals surface area contributed by atoms with E-state index in [4.69, 9.17) is 16.3 Å². The highest BCUT2D eigenvalue weighted by atomic mass is 35.5. The number of hydrogen-bond donors (Lipinski definition) is 0. The number of hydrogen-bond acceptors (Lipinski definition) is 3. The monoisotopic (exact) mass is 295 g/mol. The molecule has 0 aliphatic rings. The van der Waals surface area contributed by atoms with Crippen LogP contribution in [0.2, 0.25) is 5.02 Å². The second-order valence-electron chi connectivity index (χ2n) is 4.37. The summed E-state index contributed by atoms with van der Waals surface area (Å²) in [6.07, 6.45) is 2.23. The molecule has 2 aromatic rings. The third-order valence-electron chi connectivity index (χ3n) is 2.81. The molecule has 0 amide bonds. The van der Waals surface area contributed by atoms with E-state index in [1.54, 1.807) is 13.1 Å². The van der Waals surface area contributed by atoms with Gasteiger partial charge in [-0.25, -0.2) is 14.1 Å². The maximum absolute atomic E-state index is 13.8. The third kappa shape index (κ3) is 3.17. The van der Waals surface area contributed by atoms with Crippen LogP contribution in [-0.4, -0.2) is 21.4 Å². The van der Waals surface area contributed by atoms with Crippen molar-refractivity contribution in [2.24, 2.45) is 7.05 Å². The molecule has 0 aliphatic carbocycles. The molecule has 6 heteroatoms. The molecule has 0 aliphatic heterocycles. The van der Waals surface area contributed by atoms with Gasteiger partial charge < -0.3 is 4.74 Å². The van der Waals surface area contributed by atoms with Crippen LogP contribution in [-0.2, 0) is 7.05 Å². The lowest BCUT2D eigenvalue weighted by atomic mass is 10.2. The highest BCUT2D eigenvalue weighted by molar-refractivity contribution is 6.30. The second-order valence-corrected chi connectivity index (χ2v) is 4.80. The van der Waals surface area contributed by atoms with Crippen molar-refractivity contribution in [2.45, 2.75) is 13.3 Å². The molecule has 2 rings (SSSR count). The van der Waals surface area contributed by atoms with Crippen molar-refractivity contribution < 1.29 is 9.13 Å². The Labute approximate surface area is 121 Å². The van der Waals surface area contributed by atoms with Crippen LogP contribution >= 0.6 is 11.6 Å². The molecular formula is C14H15ClFN3O. The Bertz CT molecular complexity index is 639. The fourth-order valence-electron chi connectivity index (χ4n) is 1.58. The zero-order valence-electron chi connectivity index (χ0n) is 11.4. The lowest BCUT2D eigenvalue weighted by molar-refractivity contribution is 0.317. The van der Waals surface area contributed by atoms with Crippen LogP contribution < -0.4 is 4.74 Å². The standard InChI is InChI=1S/C14H15ClFN3O/c1-4-9(2)8-20-13-6-12(18-19(13)3)14-11(16)5-10(15)7-17-14/h5-7H,2,4,8H2,1,3H3. The Kier molecular flexibility index (Phi) is 4.39. The summed E-state index contributed by atoms with van der Waals surface area (Å²) in [6, 6.07) is 2.85. The fourth-order valence-corrected chi connectivity index (χ4v) is 1.73. The van der Waals surface area contributed by atoms with Crippen LogP contribution in [0.15, 0.2) is 30.5 Å². The van der Waals surface area contributed by atoms with E-state index in [0.717, 1.165) is 12.0 Å². The molecule has 0 radical (unpaired) electrons. The van der Waals surface area contributed by atoms with Gasteiger partial charge in [-0.1, -0.05) is 25.1 Å². The zero-order chi connectivity index (χ0) is 14.7. The zero-order valence-corrected chi connectivity index (χ0v) is 12.1. The molecule has 2 aromatic heterocycles. The van der Waals surface area contributed by atoms with Crippen LogP contribution in [0.25, 0.3) is 11.4 Å². The quantitative estimate of drug-likeness (QED) is 0.791. The van der Waals surface area contributed by atoms with Gasteiger partial charge in [-0.3, -0.25) is 0 Å². The molecule has 0 spiro atoms. The lowest BCUT2D eigenvalue weighted by Gasteiger charge is -2.05. The van der Waals surface area contributed by atoms with Crippen molar-refractivity contribution in [3.63, 3.8) is 0 Å². The number of aryl methyl sites for hydroxylation is 1. The number of nitrogens with zero attached hydrogens (tertiary/aromatic N) is 3. The second kappa shape index (κ2) is 6.05. The summed E-state index contributed by atoms with van der Waals surface area (Å²) < 4.78 is 20.9. The number of rotatable bonds is 5. The Hall–Kier alpha value is -1.88. The van der Waals surface area contributed by atoms with E-state index in [-0.39, 0.29) is 10.7 Å². The molecule has 0 N–H and O–H groups in total. The number of aromatic nitrogens is 3. The first-order chi connectivity index (χ1) is 9.51. The summed E-state index contributed by atoms with van der Waals surface area (Å²) in [6.45, 7) is 6.28. The van der Waals surface area contributed by atoms with Gasteiger partial charge >= 0.3 is 0 Å². The Morgan fingerprint density at radius 1 is 1.50 bits per heavy atom. The number of halogens is 2. The van der Waals surface area contributed by atoms with Gasteiger partial charge in [0.25, 0.3) is 0 Å².